The van der Waals surface area contributed by atoms with Crippen molar-refractivity contribution in [2.75, 3.05) is 12.4 Å². The Bertz CT molecular complexity index is 393. The van der Waals surface area contributed by atoms with Gasteiger partial charge in [-0.3, -0.25) is 0 Å². The molecule has 1 aromatic rings. The monoisotopic (exact) mass is 254 g/mol. The van der Waals surface area contributed by atoms with Crippen LogP contribution in [-0.4, -0.2) is 18.5 Å². The topological polar surface area (TPSA) is 41.1 Å². The van der Waals surface area contributed by atoms with Crippen LogP contribution >= 0.6 is 11.6 Å². The molecular weight excluding hydrogens is 236 g/mol. The first-order valence-electron chi connectivity index (χ1n) is 5.72. The quantitative estimate of drug-likeness (QED) is 0.797. The minimum Gasteiger partial charge on any atom is -0.337 e. The Morgan fingerprint density at radius 1 is 1.41 bits per heavy atom. The molecule has 94 valence electrons. The number of hydrogen-bond donors (Lipinski definition) is 2. The normalized spacial score (nSPS) is 12.0. The van der Waals surface area contributed by atoms with Crippen LogP contribution in [0.15, 0.2) is 18.2 Å². The van der Waals surface area contributed by atoms with E-state index in [0.29, 0.717) is 12.4 Å². The van der Waals surface area contributed by atoms with E-state index in [1.807, 2.05) is 20.8 Å². The smallest absolute Gasteiger partial charge is 0.315 e. The van der Waals surface area contributed by atoms with Crippen molar-refractivity contribution in [1.82, 2.24) is 10.6 Å². The standard InChI is InChI=1S/C13H19ClN2O/c1-9-4-5-10(2)12(8-9)11(3)16-13(17)15-7-6-14/h4-5,8,11H,6-7H2,1-3H3,(H2,15,16,17)/t11-/m1/s1. The molecule has 0 aliphatic rings. The van der Waals surface area contributed by atoms with Crippen molar-refractivity contribution in [3.8, 4) is 0 Å². The average molecular weight is 255 g/mol. The summed E-state index contributed by atoms with van der Waals surface area (Å²) in [4.78, 5) is 11.5. The second kappa shape index (κ2) is 6.50. The number of nitrogens with one attached hydrogen (secondary N) is 2. The third kappa shape index (κ3) is 4.27. The van der Waals surface area contributed by atoms with Crippen molar-refractivity contribution < 1.29 is 4.79 Å². The molecule has 0 fully saturated rings. The summed E-state index contributed by atoms with van der Waals surface area (Å²) in [5.74, 6) is 0.422. The molecule has 0 saturated heterocycles. The molecule has 17 heavy (non-hydrogen) atoms. The van der Waals surface area contributed by atoms with E-state index in [2.05, 4.69) is 28.8 Å². The van der Waals surface area contributed by atoms with Crippen LogP contribution in [0.5, 0.6) is 0 Å². The zero-order valence-electron chi connectivity index (χ0n) is 10.5. The molecule has 0 aliphatic heterocycles. The van der Waals surface area contributed by atoms with Crippen molar-refractivity contribution in [3.05, 3.63) is 34.9 Å². The number of benzene rings is 1. The molecule has 2 amide bonds. The molecule has 0 spiro atoms. The van der Waals surface area contributed by atoms with Gasteiger partial charge in [0, 0.05) is 12.4 Å². The molecule has 0 aliphatic carbocycles. The Labute approximate surface area is 108 Å². The summed E-state index contributed by atoms with van der Waals surface area (Å²) in [6.45, 7) is 6.54. The number of aryl methyl sites for hydroxylation is 2. The van der Waals surface area contributed by atoms with Crippen LogP contribution in [0.4, 0.5) is 4.79 Å². The molecule has 0 saturated carbocycles. The first-order chi connectivity index (χ1) is 8.04. The maximum absolute atomic E-state index is 11.5. The zero-order valence-corrected chi connectivity index (χ0v) is 11.3. The fraction of sp³-hybridized carbons (Fsp3) is 0.462. The van der Waals surface area contributed by atoms with Crippen LogP contribution in [0.25, 0.3) is 0 Å². The second-order valence-electron chi connectivity index (χ2n) is 4.17. The minimum atomic E-state index is -0.181. The highest BCUT2D eigenvalue weighted by Crippen LogP contribution is 2.18. The summed E-state index contributed by atoms with van der Waals surface area (Å²) in [7, 11) is 0. The lowest BCUT2D eigenvalue weighted by atomic mass is 10.0. The van der Waals surface area contributed by atoms with Crippen LogP contribution < -0.4 is 10.6 Å². The maximum Gasteiger partial charge on any atom is 0.315 e. The van der Waals surface area contributed by atoms with Gasteiger partial charge in [-0.1, -0.05) is 23.8 Å². The largest absolute Gasteiger partial charge is 0.337 e. The lowest BCUT2D eigenvalue weighted by molar-refractivity contribution is 0.238. The average Bonchev–Trinajstić information content (AvgIpc) is 2.29. The van der Waals surface area contributed by atoms with E-state index in [1.54, 1.807) is 0 Å². The molecular formula is C13H19ClN2O. The summed E-state index contributed by atoms with van der Waals surface area (Å²) in [5, 5.41) is 5.58. The van der Waals surface area contributed by atoms with E-state index < -0.39 is 0 Å². The van der Waals surface area contributed by atoms with Gasteiger partial charge in [0.15, 0.2) is 0 Å². The Balaban J connectivity index is 2.66. The third-order valence-corrected chi connectivity index (χ3v) is 2.82. The molecule has 0 bridgehead atoms. The second-order valence-corrected chi connectivity index (χ2v) is 4.55. The molecule has 0 aromatic heterocycles. The summed E-state index contributed by atoms with van der Waals surface area (Å²) < 4.78 is 0. The third-order valence-electron chi connectivity index (χ3n) is 2.63. The van der Waals surface area contributed by atoms with Crippen molar-refractivity contribution in [3.63, 3.8) is 0 Å². The molecule has 2 N–H and O–H groups in total. The highest BCUT2D eigenvalue weighted by atomic mass is 35.5. The van der Waals surface area contributed by atoms with Crippen LogP contribution in [0, 0.1) is 13.8 Å². The van der Waals surface area contributed by atoms with Crippen molar-refractivity contribution in [2.45, 2.75) is 26.8 Å². The molecule has 3 nitrogen and oxygen atoms in total. The first kappa shape index (κ1) is 13.8. The highest BCUT2D eigenvalue weighted by molar-refractivity contribution is 6.18. The molecule has 1 rings (SSSR count). The van der Waals surface area contributed by atoms with E-state index in [-0.39, 0.29) is 12.1 Å². The molecule has 0 unspecified atom stereocenters. The van der Waals surface area contributed by atoms with Gasteiger partial charge in [-0.2, -0.15) is 0 Å². The Hall–Kier alpha value is -1.22. The van der Waals surface area contributed by atoms with Gasteiger partial charge in [0.05, 0.1) is 6.04 Å². The first-order valence-corrected chi connectivity index (χ1v) is 6.25. The van der Waals surface area contributed by atoms with Gasteiger partial charge in [0.2, 0.25) is 0 Å². The lowest BCUT2D eigenvalue weighted by Gasteiger charge is -2.17. The predicted molar refractivity (Wildman–Crippen MR) is 71.6 cm³/mol. The maximum atomic E-state index is 11.5. The van der Waals surface area contributed by atoms with Crippen molar-refractivity contribution in [1.29, 1.82) is 0 Å². The number of urea groups is 1. The number of carbonyl (C=O) groups is 1. The van der Waals surface area contributed by atoms with Gasteiger partial charge in [-0.15, -0.1) is 11.6 Å². The van der Waals surface area contributed by atoms with Crippen molar-refractivity contribution in [2.24, 2.45) is 0 Å². The molecule has 0 radical (unpaired) electrons. The van der Waals surface area contributed by atoms with E-state index in [4.69, 9.17) is 11.6 Å². The fourth-order valence-electron chi connectivity index (χ4n) is 1.71. The van der Waals surface area contributed by atoms with Crippen LogP contribution in [0.3, 0.4) is 0 Å². The van der Waals surface area contributed by atoms with Gasteiger partial charge < -0.3 is 10.6 Å². The number of carbonyl (C=O) groups excluding carboxylic acids is 1. The Kier molecular flexibility index (Phi) is 5.29. The van der Waals surface area contributed by atoms with Gasteiger partial charge in [0.25, 0.3) is 0 Å². The van der Waals surface area contributed by atoms with Crippen LogP contribution in [-0.2, 0) is 0 Å². The number of hydrogen-bond acceptors (Lipinski definition) is 1. The molecule has 1 atom stereocenters. The molecule has 1 aromatic carbocycles. The van der Waals surface area contributed by atoms with Gasteiger partial charge in [0.1, 0.15) is 0 Å². The number of rotatable bonds is 4. The van der Waals surface area contributed by atoms with Gasteiger partial charge in [-0.25, -0.2) is 4.79 Å². The van der Waals surface area contributed by atoms with E-state index in [9.17, 15) is 4.79 Å². The molecule has 4 heteroatoms. The Morgan fingerprint density at radius 2 is 2.12 bits per heavy atom. The van der Waals surface area contributed by atoms with Gasteiger partial charge in [-0.05, 0) is 31.9 Å². The number of alkyl halides is 1. The zero-order chi connectivity index (χ0) is 12.8. The van der Waals surface area contributed by atoms with Crippen LogP contribution in [0.2, 0.25) is 0 Å². The summed E-state index contributed by atoms with van der Waals surface area (Å²) in [6.07, 6.45) is 0. The van der Waals surface area contributed by atoms with Crippen molar-refractivity contribution >= 4 is 17.6 Å². The highest BCUT2D eigenvalue weighted by Gasteiger charge is 2.11. The lowest BCUT2D eigenvalue weighted by Crippen LogP contribution is -2.38. The van der Waals surface area contributed by atoms with E-state index in [0.717, 1.165) is 5.56 Å². The minimum absolute atomic E-state index is 0.00905. The van der Waals surface area contributed by atoms with E-state index >= 15 is 0 Å². The van der Waals surface area contributed by atoms with Crippen LogP contribution in [0.1, 0.15) is 29.7 Å². The summed E-state index contributed by atoms with van der Waals surface area (Å²) in [5.41, 5.74) is 3.52. The molecule has 0 heterocycles. The summed E-state index contributed by atoms with van der Waals surface area (Å²) >= 11 is 5.50. The fourth-order valence-corrected chi connectivity index (χ4v) is 1.81. The van der Waals surface area contributed by atoms with Gasteiger partial charge >= 0.3 is 6.03 Å². The predicted octanol–water partition coefficient (Wildman–Crippen LogP) is 2.90. The van der Waals surface area contributed by atoms with E-state index in [1.165, 1.54) is 11.1 Å². The SMILES string of the molecule is Cc1ccc(C)c([C@@H](C)NC(=O)NCCCl)c1. The number of amides is 2. The Morgan fingerprint density at radius 3 is 2.76 bits per heavy atom. The summed E-state index contributed by atoms with van der Waals surface area (Å²) in [6, 6.07) is 6.05. The number of halogens is 1.